The van der Waals surface area contributed by atoms with Gasteiger partial charge in [0.15, 0.2) is 0 Å². The largest absolute Gasteiger partial charge is 0.474 e. The molecule has 12 heteroatoms. The third-order valence-corrected chi connectivity index (χ3v) is 4.19. The minimum atomic E-state index is -4.82. The van der Waals surface area contributed by atoms with Crippen molar-refractivity contribution in [1.29, 1.82) is 0 Å². The van der Waals surface area contributed by atoms with E-state index in [1.807, 2.05) is 0 Å². The summed E-state index contributed by atoms with van der Waals surface area (Å²) in [6, 6.07) is 4.52. The van der Waals surface area contributed by atoms with Crippen LogP contribution >= 0.6 is 0 Å². The van der Waals surface area contributed by atoms with Crippen molar-refractivity contribution in [3.63, 3.8) is 0 Å². The first-order valence-electron chi connectivity index (χ1n) is 7.67. The highest BCUT2D eigenvalue weighted by atomic mass is 19.4. The Balaban J connectivity index is 2.12. The number of fused-ring (bicyclic) bond motifs is 1. The number of hydrogen-bond acceptors (Lipinski definition) is 5. The van der Waals surface area contributed by atoms with Crippen molar-refractivity contribution in [2.45, 2.75) is 24.9 Å². The molecule has 0 fully saturated rings. The average Bonchev–Trinajstić information content (AvgIpc) is 2.59. The van der Waals surface area contributed by atoms with Gasteiger partial charge in [-0.2, -0.15) is 26.3 Å². The summed E-state index contributed by atoms with van der Waals surface area (Å²) in [5, 5.41) is 11.0. The Hall–Kier alpha value is -3.05. The zero-order valence-corrected chi connectivity index (χ0v) is 14.0. The van der Waals surface area contributed by atoms with E-state index in [4.69, 9.17) is 4.74 Å². The molecule has 0 unspecified atom stereocenters. The molecule has 0 saturated carbocycles. The Kier molecular flexibility index (Phi) is 4.39. The van der Waals surface area contributed by atoms with E-state index in [0.717, 1.165) is 36.1 Å². The van der Waals surface area contributed by atoms with Crippen LogP contribution in [0.2, 0.25) is 0 Å². The standard InChI is InChI=1S/C16H11F6N3O3/c1-14(16(20,21)22)8-24(13-5-2-9(7-23-13)15(17,18)19)11-6-10(25(26)27)3-4-12(11)28-14/h2-7H,8H2,1H3/t14-/m0/s1. The molecule has 1 atom stereocenters. The lowest BCUT2D eigenvalue weighted by Crippen LogP contribution is -2.57. The van der Waals surface area contributed by atoms with Gasteiger partial charge in [-0.15, -0.1) is 0 Å². The second kappa shape index (κ2) is 6.24. The van der Waals surface area contributed by atoms with Crippen molar-refractivity contribution in [1.82, 2.24) is 4.98 Å². The maximum atomic E-state index is 13.5. The maximum absolute atomic E-state index is 13.5. The summed E-state index contributed by atoms with van der Waals surface area (Å²) < 4.78 is 83.7. The van der Waals surface area contributed by atoms with Crippen molar-refractivity contribution < 1.29 is 36.0 Å². The highest BCUT2D eigenvalue weighted by Crippen LogP contribution is 2.47. The van der Waals surface area contributed by atoms with Crippen LogP contribution in [0.4, 0.5) is 43.5 Å². The number of halogens is 6. The average molecular weight is 407 g/mol. The zero-order valence-electron chi connectivity index (χ0n) is 14.0. The van der Waals surface area contributed by atoms with Crippen molar-refractivity contribution in [3.05, 3.63) is 52.2 Å². The Labute approximate surface area is 153 Å². The van der Waals surface area contributed by atoms with Crippen molar-refractivity contribution in [3.8, 4) is 5.75 Å². The number of aromatic nitrogens is 1. The van der Waals surface area contributed by atoms with Gasteiger partial charge < -0.3 is 9.64 Å². The molecule has 1 aromatic heterocycles. The molecule has 0 amide bonds. The maximum Gasteiger partial charge on any atom is 0.429 e. The van der Waals surface area contributed by atoms with Crippen LogP contribution in [0.25, 0.3) is 0 Å². The number of rotatable bonds is 2. The number of pyridine rings is 1. The number of nitro benzene ring substituents is 1. The number of nitro groups is 1. The molecule has 2 aromatic rings. The SMILES string of the molecule is C[C@@]1(C(F)(F)F)CN(c2ccc(C(F)(F)F)cn2)c2cc([N+](=O)[O-])ccc2O1. The molecule has 2 heterocycles. The molecule has 1 aromatic carbocycles. The third kappa shape index (κ3) is 3.41. The van der Waals surface area contributed by atoms with E-state index in [9.17, 15) is 36.5 Å². The van der Waals surface area contributed by atoms with E-state index in [1.54, 1.807) is 0 Å². The summed E-state index contributed by atoms with van der Waals surface area (Å²) in [4.78, 5) is 14.8. The number of benzene rings is 1. The van der Waals surface area contributed by atoms with Crippen molar-refractivity contribution in [2.24, 2.45) is 0 Å². The second-order valence-corrected chi connectivity index (χ2v) is 6.23. The lowest BCUT2D eigenvalue weighted by atomic mass is 10.0. The molecule has 3 rings (SSSR count). The fourth-order valence-electron chi connectivity index (χ4n) is 2.64. The van der Waals surface area contributed by atoms with Gasteiger partial charge in [-0.25, -0.2) is 4.98 Å². The molecule has 0 radical (unpaired) electrons. The third-order valence-electron chi connectivity index (χ3n) is 4.19. The molecule has 1 aliphatic heterocycles. The van der Waals surface area contributed by atoms with E-state index in [0.29, 0.717) is 12.3 Å². The van der Waals surface area contributed by atoms with Gasteiger partial charge in [-0.1, -0.05) is 0 Å². The predicted molar refractivity (Wildman–Crippen MR) is 84.4 cm³/mol. The van der Waals surface area contributed by atoms with Gasteiger partial charge in [0.25, 0.3) is 5.69 Å². The van der Waals surface area contributed by atoms with Crippen LogP contribution in [0.3, 0.4) is 0 Å². The first kappa shape index (κ1) is 19.7. The molecular weight excluding hydrogens is 396 g/mol. The van der Waals surface area contributed by atoms with Crippen LogP contribution in [0.15, 0.2) is 36.5 Å². The molecule has 28 heavy (non-hydrogen) atoms. The van der Waals surface area contributed by atoms with E-state index >= 15 is 0 Å². The normalized spacial score (nSPS) is 19.8. The Morgan fingerprint density at radius 1 is 1.18 bits per heavy atom. The summed E-state index contributed by atoms with van der Waals surface area (Å²) in [5.74, 6) is -0.549. The highest BCUT2D eigenvalue weighted by Gasteiger charge is 2.57. The molecule has 150 valence electrons. The van der Waals surface area contributed by atoms with Gasteiger partial charge in [0.1, 0.15) is 11.6 Å². The van der Waals surface area contributed by atoms with E-state index in [-0.39, 0.29) is 17.3 Å². The first-order valence-corrected chi connectivity index (χ1v) is 7.67. The van der Waals surface area contributed by atoms with Crippen LogP contribution in [0, 0.1) is 10.1 Å². The number of alkyl halides is 6. The van der Waals surface area contributed by atoms with Gasteiger partial charge in [-0.3, -0.25) is 10.1 Å². The fraction of sp³-hybridized carbons (Fsp3) is 0.312. The van der Waals surface area contributed by atoms with E-state index in [2.05, 4.69) is 4.98 Å². The summed E-state index contributed by atoms with van der Waals surface area (Å²) >= 11 is 0. The van der Waals surface area contributed by atoms with Gasteiger partial charge in [0, 0.05) is 18.3 Å². The Morgan fingerprint density at radius 3 is 2.36 bits per heavy atom. The number of non-ortho nitro benzene ring substituents is 1. The van der Waals surface area contributed by atoms with Crippen LogP contribution < -0.4 is 9.64 Å². The number of nitrogens with zero attached hydrogens (tertiary/aromatic N) is 3. The minimum absolute atomic E-state index is 0.108. The zero-order chi connectivity index (χ0) is 20.9. The molecule has 0 aliphatic carbocycles. The summed E-state index contributed by atoms with van der Waals surface area (Å²) in [5.41, 5.74) is -4.32. The molecule has 1 aliphatic rings. The second-order valence-electron chi connectivity index (χ2n) is 6.23. The van der Waals surface area contributed by atoms with Crippen LogP contribution in [-0.2, 0) is 6.18 Å². The molecule has 6 nitrogen and oxygen atoms in total. The Bertz CT molecular complexity index is 913. The molecule has 0 spiro atoms. The summed E-state index contributed by atoms with van der Waals surface area (Å²) in [7, 11) is 0. The number of ether oxygens (including phenoxy) is 1. The van der Waals surface area contributed by atoms with Gasteiger partial charge >= 0.3 is 12.4 Å². The lowest BCUT2D eigenvalue weighted by molar-refractivity contribution is -0.384. The predicted octanol–water partition coefficient (Wildman–Crippen LogP) is 4.86. The summed E-state index contributed by atoms with van der Waals surface area (Å²) in [6.45, 7) is -0.0858. The molecule has 0 N–H and O–H groups in total. The van der Waals surface area contributed by atoms with Crippen molar-refractivity contribution in [2.75, 3.05) is 11.4 Å². The van der Waals surface area contributed by atoms with Crippen LogP contribution in [-0.4, -0.2) is 28.2 Å². The van der Waals surface area contributed by atoms with Gasteiger partial charge in [-0.05, 0) is 25.1 Å². The van der Waals surface area contributed by atoms with E-state index < -0.39 is 40.7 Å². The number of anilines is 2. The highest BCUT2D eigenvalue weighted by molar-refractivity contribution is 5.72. The van der Waals surface area contributed by atoms with Crippen LogP contribution in [0.1, 0.15) is 12.5 Å². The van der Waals surface area contributed by atoms with Crippen molar-refractivity contribution >= 4 is 17.2 Å². The minimum Gasteiger partial charge on any atom is -0.474 e. The Morgan fingerprint density at radius 2 is 1.86 bits per heavy atom. The van der Waals surface area contributed by atoms with Gasteiger partial charge in [0.05, 0.1) is 22.7 Å². The molecule has 0 bridgehead atoms. The van der Waals surface area contributed by atoms with Crippen LogP contribution in [0.5, 0.6) is 5.75 Å². The smallest absolute Gasteiger partial charge is 0.429 e. The lowest BCUT2D eigenvalue weighted by Gasteiger charge is -2.42. The fourth-order valence-corrected chi connectivity index (χ4v) is 2.64. The summed E-state index contributed by atoms with van der Waals surface area (Å²) in [6.07, 6.45) is -9.02. The monoisotopic (exact) mass is 407 g/mol. The van der Waals surface area contributed by atoms with Gasteiger partial charge in [0.2, 0.25) is 5.60 Å². The first-order chi connectivity index (χ1) is 12.8. The number of hydrogen-bond donors (Lipinski definition) is 0. The quantitative estimate of drug-likeness (QED) is 0.404. The molecule has 0 saturated heterocycles. The topological polar surface area (TPSA) is 68.5 Å². The molecular formula is C16H11F6N3O3. The van der Waals surface area contributed by atoms with E-state index in [1.165, 1.54) is 0 Å².